The van der Waals surface area contributed by atoms with E-state index in [0.29, 0.717) is 58.9 Å². The summed E-state index contributed by atoms with van der Waals surface area (Å²) >= 11 is 12.6. The molecule has 0 aliphatic carbocycles. The number of nitrogens with one attached hydrogen (secondary N) is 1. The molecule has 1 aromatic carbocycles. The highest BCUT2D eigenvalue weighted by atomic mass is 35.5. The van der Waals surface area contributed by atoms with Crippen molar-refractivity contribution in [1.82, 2.24) is 30.1 Å². The highest BCUT2D eigenvalue weighted by Gasteiger charge is 2.23. The van der Waals surface area contributed by atoms with Gasteiger partial charge >= 0.3 is 6.09 Å². The van der Waals surface area contributed by atoms with E-state index in [-0.39, 0.29) is 11.8 Å². The summed E-state index contributed by atoms with van der Waals surface area (Å²) in [4.78, 5) is 42.8. The number of halogens is 2. The summed E-state index contributed by atoms with van der Waals surface area (Å²) in [5.41, 5.74) is 7.88. The molecule has 4 N–H and O–H groups in total. The van der Waals surface area contributed by atoms with Crippen molar-refractivity contribution in [3.8, 4) is 22.9 Å². The lowest BCUT2D eigenvalue weighted by atomic mass is 9.96. The summed E-state index contributed by atoms with van der Waals surface area (Å²) in [7, 11) is 0. The lowest BCUT2D eigenvalue weighted by Crippen LogP contribution is -2.49. The van der Waals surface area contributed by atoms with Crippen LogP contribution in [-0.4, -0.2) is 94.2 Å². The molecule has 45 heavy (non-hydrogen) atoms. The molecule has 2 saturated heterocycles. The number of benzene rings is 1. The highest BCUT2D eigenvalue weighted by Crippen LogP contribution is 2.31. The fourth-order valence-corrected chi connectivity index (χ4v) is 6.17. The number of anilines is 1. The summed E-state index contributed by atoms with van der Waals surface area (Å²) < 4.78 is 6.17. The minimum atomic E-state index is -0.985. The van der Waals surface area contributed by atoms with E-state index < -0.39 is 6.09 Å². The van der Waals surface area contributed by atoms with Gasteiger partial charge in [-0.3, -0.25) is 14.6 Å². The number of piperidine rings is 1. The van der Waals surface area contributed by atoms with Crippen molar-refractivity contribution in [2.45, 2.75) is 26.3 Å². The Balaban J connectivity index is 1.27. The molecule has 0 saturated carbocycles. The van der Waals surface area contributed by atoms with Gasteiger partial charge < -0.3 is 25.8 Å². The number of hydrogen-bond acceptors (Lipinski definition) is 9. The number of nitrogens with zero attached hydrogens (tertiary/aromatic N) is 6. The third kappa shape index (κ3) is 9.40. The maximum atomic E-state index is 11.4. The van der Waals surface area contributed by atoms with Crippen LogP contribution >= 0.6 is 23.2 Å². The molecule has 2 aliphatic rings. The molecule has 2 amide bonds. The van der Waals surface area contributed by atoms with E-state index in [9.17, 15) is 9.59 Å². The Morgan fingerprint density at radius 1 is 1.00 bits per heavy atom. The predicted molar refractivity (Wildman–Crippen MR) is 173 cm³/mol. The first kappa shape index (κ1) is 32.7. The highest BCUT2D eigenvalue weighted by molar-refractivity contribution is 6.35. The van der Waals surface area contributed by atoms with Gasteiger partial charge in [-0.15, -0.1) is 0 Å². The van der Waals surface area contributed by atoms with Gasteiger partial charge in [-0.1, -0.05) is 30.1 Å². The van der Waals surface area contributed by atoms with Crippen LogP contribution < -0.4 is 20.7 Å². The van der Waals surface area contributed by atoms with Gasteiger partial charge in [-0.05, 0) is 61.7 Å². The van der Waals surface area contributed by atoms with Gasteiger partial charge in [0.15, 0.2) is 5.75 Å². The number of likely N-dealkylation sites (tertiary alicyclic amines) is 1. The standard InChI is InChI=1S/C31H38Cl2N8O4/c1-20(29(34)42)18-40-6-8-41(9-7-40)30-35-16-26(17-36-30)45-28-11-22(10-27(38-28)23-12-24(32)14-25(33)13-23)19-39-4-2-21(3-5-39)15-37-31(43)44/h10-14,16-17,20-21,37H,2-9,15,18-19H2,1H3,(H2,34,42)(H,43,44). The summed E-state index contributed by atoms with van der Waals surface area (Å²) in [5.74, 6) is 1.32. The molecule has 5 rings (SSSR count). The number of pyridine rings is 1. The van der Waals surface area contributed by atoms with Gasteiger partial charge in [0.2, 0.25) is 17.7 Å². The van der Waals surface area contributed by atoms with Gasteiger partial charge in [0, 0.05) is 73.4 Å². The Morgan fingerprint density at radius 3 is 2.29 bits per heavy atom. The number of primary amides is 1. The SMILES string of the molecule is CC(CN1CCN(c2ncc(Oc3cc(CN4CCC(CNC(=O)O)CC4)cc(-c4cc(Cl)cc(Cl)c4)n3)cn2)CC1)C(N)=O. The van der Waals surface area contributed by atoms with E-state index in [0.717, 1.165) is 63.2 Å². The zero-order chi connectivity index (χ0) is 31.9. The van der Waals surface area contributed by atoms with Gasteiger partial charge in [-0.2, -0.15) is 0 Å². The first-order valence-electron chi connectivity index (χ1n) is 15.0. The number of carbonyl (C=O) groups is 2. The maximum absolute atomic E-state index is 11.4. The number of carbonyl (C=O) groups excluding carboxylic acids is 1. The molecule has 0 radical (unpaired) electrons. The third-order valence-electron chi connectivity index (χ3n) is 8.19. The fraction of sp³-hybridized carbons (Fsp3) is 0.452. The van der Waals surface area contributed by atoms with Crippen molar-refractivity contribution < 1.29 is 19.4 Å². The second kappa shape index (κ2) is 15.0. The van der Waals surface area contributed by atoms with Crippen LogP contribution in [0.15, 0.2) is 42.7 Å². The molecular formula is C31H38Cl2N8O4. The summed E-state index contributed by atoms with van der Waals surface area (Å²) in [6, 6.07) is 9.23. The van der Waals surface area contributed by atoms with Crippen molar-refractivity contribution in [2.75, 3.05) is 57.3 Å². The topological polar surface area (TPSA) is 150 Å². The van der Waals surface area contributed by atoms with E-state index in [1.54, 1.807) is 18.5 Å². The number of amides is 2. The zero-order valence-corrected chi connectivity index (χ0v) is 26.7. The number of aromatic nitrogens is 3. The normalized spacial score (nSPS) is 17.2. The van der Waals surface area contributed by atoms with Gasteiger partial charge in [0.25, 0.3) is 0 Å². The summed E-state index contributed by atoms with van der Waals surface area (Å²) in [6.07, 6.45) is 4.13. The molecule has 4 heterocycles. The quantitative estimate of drug-likeness (QED) is 0.272. The Labute approximate surface area is 272 Å². The molecule has 1 unspecified atom stereocenters. The smallest absolute Gasteiger partial charge is 0.404 e. The number of carboxylic acid groups (broad SMARTS) is 1. The average molecular weight is 658 g/mol. The van der Waals surface area contributed by atoms with Crippen molar-refractivity contribution >= 4 is 41.2 Å². The largest absolute Gasteiger partial charge is 0.465 e. The van der Waals surface area contributed by atoms with Gasteiger partial charge in [0.05, 0.1) is 18.1 Å². The van der Waals surface area contributed by atoms with E-state index in [1.807, 2.05) is 31.2 Å². The number of hydrogen-bond donors (Lipinski definition) is 3. The van der Waals surface area contributed by atoms with Crippen LogP contribution in [0.1, 0.15) is 25.3 Å². The zero-order valence-electron chi connectivity index (χ0n) is 25.2. The Kier molecular flexibility index (Phi) is 10.9. The van der Waals surface area contributed by atoms with Crippen LogP contribution in [0.2, 0.25) is 10.0 Å². The van der Waals surface area contributed by atoms with Crippen LogP contribution in [0.3, 0.4) is 0 Å². The second-order valence-corrected chi connectivity index (χ2v) is 12.5. The first-order chi connectivity index (χ1) is 21.6. The number of piperazine rings is 1. The van der Waals surface area contributed by atoms with E-state index >= 15 is 0 Å². The molecule has 0 spiro atoms. The third-order valence-corrected chi connectivity index (χ3v) is 8.62. The maximum Gasteiger partial charge on any atom is 0.404 e. The van der Waals surface area contributed by atoms with Crippen molar-refractivity contribution in [1.29, 1.82) is 0 Å². The number of nitrogens with two attached hydrogens (primary N) is 1. The van der Waals surface area contributed by atoms with Gasteiger partial charge in [-0.25, -0.2) is 19.7 Å². The van der Waals surface area contributed by atoms with Crippen molar-refractivity contribution in [3.63, 3.8) is 0 Å². The Bertz CT molecular complexity index is 1460. The second-order valence-electron chi connectivity index (χ2n) is 11.7. The minimum absolute atomic E-state index is 0.187. The Hall–Kier alpha value is -3.71. The molecule has 240 valence electrons. The molecule has 3 aromatic rings. The van der Waals surface area contributed by atoms with E-state index in [1.165, 1.54) is 0 Å². The number of rotatable bonds is 11. The molecule has 14 heteroatoms. The molecular weight excluding hydrogens is 619 g/mol. The van der Waals surface area contributed by atoms with E-state index in [2.05, 4.69) is 30.0 Å². The van der Waals surface area contributed by atoms with Gasteiger partial charge in [0.1, 0.15) is 0 Å². The van der Waals surface area contributed by atoms with Crippen LogP contribution in [-0.2, 0) is 11.3 Å². The summed E-state index contributed by atoms with van der Waals surface area (Å²) in [5, 5.41) is 12.4. The van der Waals surface area contributed by atoms with Crippen LogP contribution in [0, 0.1) is 11.8 Å². The van der Waals surface area contributed by atoms with Crippen LogP contribution in [0.4, 0.5) is 10.7 Å². The fourth-order valence-electron chi connectivity index (χ4n) is 5.64. The van der Waals surface area contributed by atoms with Crippen LogP contribution in [0.5, 0.6) is 11.6 Å². The van der Waals surface area contributed by atoms with Crippen molar-refractivity contribution in [2.24, 2.45) is 17.6 Å². The van der Waals surface area contributed by atoms with Crippen LogP contribution in [0.25, 0.3) is 11.3 Å². The molecule has 12 nitrogen and oxygen atoms in total. The lowest BCUT2D eigenvalue weighted by Gasteiger charge is -2.35. The van der Waals surface area contributed by atoms with E-state index in [4.69, 9.17) is 43.8 Å². The monoisotopic (exact) mass is 656 g/mol. The molecule has 0 bridgehead atoms. The number of ether oxygens (including phenoxy) is 1. The van der Waals surface area contributed by atoms with Crippen molar-refractivity contribution in [3.05, 3.63) is 58.3 Å². The summed E-state index contributed by atoms with van der Waals surface area (Å²) in [6.45, 7) is 8.44. The average Bonchev–Trinajstić information content (AvgIpc) is 3.01. The molecule has 2 aliphatic heterocycles. The minimum Gasteiger partial charge on any atom is -0.465 e. The lowest BCUT2D eigenvalue weighted by molar-refractivity contribution is -0.121. The Morgan fingerprint density at radius 2 is 1.67 bits per heavy atom. The molecule has 1 atom stereocenters. The molecule has 2 aromatic heterocycles. The molecule has 2 fully saturated rings. The first-order valence-corrected chi connectivity index (χ1v) is 15.8. The predicted octanol–water partition coefficient (Wildman–Crippen LogP) is 4.36.